The monoisotopic (exact) mass is 381 g/mol. The maximum absolute atomic E-state index is 12.1. The molecular formula is C21H27N5O2. The second-order valence-electron chi connectivity index (χ2n) is 8.00. The second kappa shape index (κ2) is 7.50. The number of fused-ring (bicyclic) bond motifs is 1. The highest BCUT2D eigenvalue weighted by Gasteiger charge is 2.22. The number of benzene rings is 2. The molecule has 7 nitrogen and oxygen atoms in total. The van der Waals surface area contributed by atoms with Gasteiger partial charge in [0.25, 0.3) is 0 Å². The molecule has 3 rings (SSSR count). The van der Waals surface area contributed by atoms with E-state index < -0.39 is 0 Å². The normalized spacial score (nSPS) is 11.6. The number of phenols is 1. The molecule has 0 saturated heterocycles. The summed E-state index contributed by atoms with van der Waals surface area (Å²) >= 11 is 0. The van der Waals surface area contributed by atoms with Crippen LogP contribution >= 0.6 is 0 Å². The molecule has 3 N–H and O–H groups in total. The molecule has 0 spiro atoms. The van der Waals surface area contributed by atoms with Crippen LogP contribution in [0.5, 0.6) is 5.75 Å². The molecule has 0 aliphatic heterocycles. The van der Waals surface area contributed by atoms with Gasteiger partial charge in [-0.05, 0) is 54.2 Å². The summed E-state index contributed by atoms with van der Waals surface area (Å²) in [5, 5.41) is 25.3. The average Bonchev–Trinajstić information content (AvgIpc) is 3.03. The number of urea groups is 1. The fourth-order valence-corrected chi connectivity index (χ4v) is 2.84. The topological polar surface area (TPSA) is 92.1 Å². The van der Waals surface area contributed by atoms with Gasteiger partial charge < -0.3 is 15.7 Å². The van der Waals surface area contributed by atoms with Crippen LogP contribution in [0, 0.1) is 6.92 Å². The largest absolute Gasteiger partial charge is 0.504 e. The van der Waals surface area contributed by atoms with Gasteiger partial charge in [-0.25, -0.2) is 4.79 Å². The van der Waals surface area contributed by atoms with E-state index in [1.54, 1.807) is 6.07 Å². The van der Waals surface area contributed by atoms with Crippen molar-refractivity contribution in [3.05, 3.63) is 41.5 Å². The lowest BCUT2D eigenvalue weighted by Crippen LogP contribution is -2.29. The fraction of sp³-hybridized carbons (Fsp3) is 0.381. The maximum atomic E-state index is 12.1. The summed E-state index contributed by atoms with van der Waals surface area (Å²) < 4.78 is 0. The van der Waals surface area contributed by atoms with Gasteiger partial charge in [0.05, 0.1) is 5.69 Å². The van der Waals surface area contributed by atoms with Crippen LogP contribution in [-0.2, 0) is 5.41 Å². The van der Waals surface area contributed by atoms with E-state index in [0.717, 1.165) is 28.6 Å². The minimum atomic E-state index is -0.358. The molecule has 0 unspecified atom stereocenters. The molecule has 0 saturated carbocycles. The van der Waals surface area contributed by atoms with Crippen LogP contribution in [-0.4, -0.2) is 32.7 Å². The van der Waals surface area contributed by atoms with E-state index >= 15 is 0 Å². The van der Waals surface area contributed by atoms with Crippen LogP contribution in [0.2, 0.25) is 0 Å². The summed E-state index contributed by atoms with van der Waals surface area (Å²) in [5.41, 5.74) is 4.07. The van der Waals surface area contributed by atoms with Crippen molar-refractivity contribution >= 4 is 22.8 Å². The number of phenolic OH excluding ortho intramolecular Hbond substituents is 1. The number of nitrogens with one attached hydrogen (secondary N) is 2. The first kappa shape index (κ1) is 19.7. The van der Waals surface area contributed by atoms with Gasteiger partial charge in [0.1, 0.15) is 16.7 Å². The molecule has 0 fully saturated rings. The molecule has 0 aliphatic rings. The Kier molecular flexibility index (Phi) is 5.27. The zero-order valence-electron chi connectivity index (χ0n) is 17.0. The number of carbonyl (C=O) groups is 1. The lowest BCUT2D eigenvalue weighted by atomic mass is 9.86. The van der Waals surface area contributed by atoms with Crippen LogP contribution in [0.1, 0.15) is 45.2 Å². The number of hydrogen-bond acceptors (Lipinski definition) is 4. The third-order valence-corrected chi connectivity index (χ3v) is 4.49. The molecule has 0 atom stereocenters. The molecule has 148 valence electrons. The lowest BCUT2D eigenvalue weighted by molar-refractivity contribution is 0.252. The smallest absolute Gasteiger partial charge is 0.319 e. The van der Waals surface area contributed by atoms with E-state index in [-0.39, 0.29) is 17.2 Å². The lowest BCUT2D eigenvalue weighted by Gasteiger charge is -2.22. The molecule has 0 radical (unpaired) electrons. The van der Waals surface area contributed by atoms with Crippen LogP contribution < -0.4 is 10.6 Å². The first-order valence-corrected chi connectivity index (χ1v) is 9.45. The molecule has 28 heavy (non-hydrogen) atoms. The SMILES string of the molecule is CCCNC(=O)Nc1cc(C(C)(C)C)cc(-n2nc3ccc(C)cc3n2)c1O. The Bertz CT molecular complexity index is 1020. The highest BCUT2D eigenvalue weighted by Crippen LogP contribution is 2.36. The van der Waals surface area contributed by atoms with Gasteiger partial charge in [-0.3, -0.25) is 0 Å². The van der Waals surface area contributed by atoms with E-state index in [4.69, 9.17) is 0 Å². The van der Waals surface area contributed by atoms with Crippen molar-refractivity contribution in [2.24, 2.45) is 0 Å². The van der Waals surface area contributed by atoms with Gasteiger partial charge in [-0.1, -0.05) is 33.8 Å². The Morgan fingerprint density at radius 3 is 2.54 bits per heavy atom. The third kappa shape index (κ3) is 4.08. The molecule has 2 amide bonds. The van der Waals surface area contributed by atoms with Gasteiger partial charge in [0.15, 0.2) is 5.75 Å². The molecular weight excluding hydrogens is 354 g/mol. The third-order valence-electron chi connectivity index (χ3n) is 4.49. The van der Waals surface area contributed by atoms with Gasteiger partial charge in [0, 0.05) is 6.54 Å². The zero-order chi connectivity index (χ0) is 20.5. The fourth-order valence-electron chi connectivity index (χ4n) is 2.84. The number of carbonyl (C=O) groups excluding carboxylic acids is 1. The summed E-state index contributed by atoms with van der Waals surface area (Å²) in [7, 11) is 0. The Morgan fingerprint density at radius 1 is 1.14 bits per heavy atom. The van der Waals surface area contributed by atoms with Crippen molar-refractivity contribution in [1.82, 2.24) is 20.3 Å². The maximum Gasteiger partial charge on any atom is 0.319 e. The van der Waals surface area contributed by atoms with Crippen molar-refractivity contribution < 1.29 is 9.90 Å². The molecule has 1 aromatic heterocycles. The highest BCUT2D eigenvalue weighted by atomic mass is 16.3. The number of aromatic nitrogens is 3. The summed E-state index contributed by atoms with van der Waals surface area (Å²) in [6.45, 7) is 10.7. The quantitative estimate of drug-likeness (QED) is 0.589. The highest BCUT2D eigenvalue weighted by molar-refractivity contribution is 5.92. The Morgan fingerprint density at radius 2 is 1.86 bits per heavy atom. The minimum Gasteiger partial charge on any atom is -0.504 e. The molecule has 0 aliphatic carbocycles. The molecule has 7 heteroatoms. The number of amides is 2. The van der Waals surface area contributed by atoms with E-state index in [0.29, 0.717) is 17.9 Å². The first-order chi connectivity index (χ1) is 13.2. The van der Waals surface area contributed by atoms with Crippen molar-refractivity contribution in [3.63, 3.8) is 0 Å². The Labute approximate surface area is 164 Å². The minimum absolute atomic E-state index is 0.0725. The van der Waals surface area contributed by atoms with Crippen LogP contribution in [0.15, 0.2) is 30.3 Å². The summed E-state index contributed by atoms with van der Waals surface area (Å²) in [4.78, 5) is 13.6. The van der Waals surface area contributed by atoms with Crippen molar-refractivity contribution in [3.8, 4) is 11.4 Å². The second-order valence-corrected chi connectivity index (χ2v) is 8.00. The first-order valence-electron chi connectivity index (χ1n) is 9.45. The number of anilines is 1. The number of hydrogen-bond donors (Lipinski definition) is 3. The van der Waals surface area contributed by atoms with Crippen LogP contribution in [0.3, 0.4) is 0 Å². The number of aryl methyl sites for hydroxylation is 1. The van der Waals surface area contributed by atoms with E-state index in [9.17, 15) is 9.90 Å². The van der Waals surface area contributed by atoms with Crippen LogP contribution in [0.4, 0.5) is 10.5 Å². The average molecular weight is 381 g/mol. The standard InChI is InChI=1S/C21H27N5O2/c1-6-9-22-20(28)23-17-11-14(21(3,4)5)12-18(19(17)27)26-24-15-8-7-13(2)10-16(15)25-26/h7-8,10-12,27H,6,9H2,1-5H3,(H2,22,23,28). The Hall–Kier alpha value is -3.09. The van der Waals surface area contributed by atoms with Crippen molar-refractivity contribution in [2.45, 2.75) is 46.5 Å². The van der Waals surface area contributed by atoms with E-state index in [2.05, 4.69) is 41.6 Å². The van der Waals surface area contributed by atoms with Gasteiger partial charge in [-0.15, -0.1) is 15.0 Å². The van der Waals surface area contributed by atoms with Gasteiger partial charge >= 0.3 is 6.03 Å². The summed E-state index contributed by atoms with van der Waals surface area (Å²) in [6, 6.07) is 9.10. The van der Waals surface area contributed by atoms with Gasteiger partial charge in [0.2, 0.25) is 0 Å². The van der Waals surface area contributed by atoms with Crippen molar-refractivity contribution in [2.75, 3.05) is 11.9 Å². The van der Waals surface area contributed by atoms with E-state index in [1.165, 1.54) is 4.80 Å². The van der Waals surface area contributed by atoms with Crippen LogP contribution in [0.25, 0.3) is 16.7 Å². The Balaban J connectivity index is 2.10. The summed E-state index contributed by atoms with van der Waals surface area (Å²) in [5.74, 6) is -0.0725. The van der Waals surface area contributed by atoms with E-state index in [1.807, 2.05) is 38.1 Å². The molecule has 2 aromatic carbocycles. The molecule has 1 heterocycles. The number of rotatable bonds is 4. The van der Waals surface area contributed by atoms with Gasteiger partial charge in [-0.2, -0.15) is 0 Å². The molecule has 0 bridgehead atoms. The number of aromatic hydroxyl groups is 1. The van der Waals surface area contributed by atoms with Crippen molar-refractivity contribution in [1.29, 1.82) is 0 Å². The zero-order valence-corrected chi connectivity index (χ0v) is 17.0. The predicted octanol–water partition coefficient (Wildman–Crippen LogP) is 4.26. The molecule has 3 aromatic rings. The predicted molar refractivity (Wildman–Crippen MR) is 111 cm³/mol. The number of nitrogens with zero attached hydrogens (tertiary/aromatic N) is 3. The summed E-state index contributed by atoms with van der Waals surface area (Å²) in [6.07, 6.45) is 0.829.